The Morgan fingerprint density at radius 2 is 1.62 bits per heavy atom. The van der Waals surface area contributed by atoms with Crippen molar-refractivity contribution in [3.8, 4) is 0 Å². The van der Waals surface area contributed by atoms with E-state index in [2.05, 4.69) is 32.7 Å². The second kappa shape index (κ2) is 15.7. The average molecular weight is 416 g/mol. The molecule has 1 aliphatic rings. The SMILES string of the molecule is C=CO[C@@H]1C(NC(C)=O)[C@@H](OCCCC)OC(COCCCC)[C@H]1OCCCC. The summed E-state index contributed by atoms with van der Waals surface area (Å²) < 4.78 is 30.1. The van der Waals surface area contributed by atoms with Gasteiger partial charge >= 0.3 is 0 Å². The first-order valence-electron chi connectivity index (χ1n) is 11.1. The van der Waals surface area contributed by atoms with E-state index in [0.29, 0.717) is 26.4 Å². The second-order valence-electron chi connectivity index (χ2n) is 7.38. The lowest BCUT2D eigenvalue weighted by atomic mass is 9.96. The summed E-state index contributed by atoms with van der Waals surface area (Å²) in [6.07, 6.45) is 5.45. The van der Waals surface area contributed by atoms with Gasteiger partial charge in [0.15, 0.2) is 12.4 Å². The lowest BCUT2D eigenvalue weighted by Gasteiger charge is -2.45. The first-order valence-corrected chi connectivity index (χ1v) is 11.1. The van der Waals surface area contributed by atoms with Crippen molar-refractivity contribution in [3.63, 3.8) is 0 Å². The molecule has 2 unspecified atom stereocenters. The Labute approximate surface area is 176 Å². The van der Waals surface area contributed by atoms with Gasteiger partial charge in [0.05, 0.1) is 12.9 Å². The topological polar surface area (TPSA) is 75.3 Å². The third-order valence-electron chi connectivity index (χ3n) is 4.78. The zero-order chi connectivity index (χ0) is 21.5. The molecule has 0 aromatic heterocycles. The maximum Gasteiger partial charge on any atom is 0.217 e. The molecular formula is C22H41NO6. The van der Waals surface area contributed by atoms with Crippen LogP contribution in [0.1, 0.15) is 66.2 Å². The zero-order valence-corrected chi connectivity index (χ0v) is 18.7. The number of hydrogen-bond acceptors (Lipinski definition) is 6. The summed E-state index contributed by atoms with van der Waals surface area (Å²) in [7, 11) is 0. The van der Waals surface area contributed by atoms with Gasteiger partial charge in [-0.25, -0.2) is 0 Å². The third-order valence-corrected chi connectivity index (χ3v) is 4.78. The Hall–Kier alpha value is -1.15. The third kappa shape index (κ3) is 9.47. The highest BCUT2D eigenvalue weighted by Crippen LogP contribution is 2.28. The molecule has 1 N–H and O–H groups in total. The van der Waals surface area contributed by atoms with Crippen LogP contribution in [0.25, 0.3) is 0 Å². The molecule has 7 heteroatoms. The normalized spacial score (nSPS) is 26.8. The van der Waals surface area contributed by atoms with Crippen LogP contribution in [0.3, 0.4) is 0 Å². The minimum absolute atomic E-state index is 0.176. The number of hydrogen-bond donors (Lipinski definition) is 1. The predicted molar refractivity (Wildman–Crippen MR) is 113 cm³/mol. The molecule has 1 heterocycles. The van der Waals surface area contributed by atoms with E-state index in [-0.39, 0.29) is 12.0 Å². The molecular weight excluding hydrogens is 374 g/mol. The zero-order valence-electron chi connectivity index (χ0n) is 18.7. The first-order chi connectivity index (χ1) is 14.1. The van der Waals surface area contributed by atoms with E-state index in [9.17, 15) is 4.79 Å². The molecule has 0 bridgehead atoms. The average Bonchev–Trinajstić information content (AvgIpc) is 2.69. The van der Waals surface area contributed by atoms with Crippen LogP contribution in [-0.4, -0.2) is 63.0 Å². The Kier molecular flexibility index (Phi) is 14.0. The largest absolute Gasteiger partial charge is 0.493 e. The van der Waals surface area contributed by atoms with Gasteiger partial charge in [-0.1, -0.05) is 46.6 Å². The number of ether oxygens (including phenoxy) is 5. The van der Waals surface area contributed by atoms with Crippen molar-refractivity contribution in [3.05, 3.63) is 12.8 Å². The molecule has 0 aromatic rings. The lowest BCUT2D eigenvalue weighted by Crippen LogP contribution is -2.65. The Bertz CT molecular complexity index is 447. The quantitative estimate of drug-likeness (QED) is 0.307. The van der Waals surface area contributed by atoms with E-state index in [0.717, 1.165) is 38.5 Å². The highest BCUT2D eigenvalue weighted by molar-refractivity contribution is 5.73. The van der Waals surface area contributed by atoms with Gasteiger partial charge in [0.2, 0.25) is 5.91 Å². The summed E-state index contributed by atoms with van der Waals surface area (Å²) in [5.74, 6) is -0.176. The van der Waals surface area contributed by atoms with E-state index >= 15 is 0 Å². The van der Waals surface area contributed by atoms with E-state index in [1.165, 1.54) is 13.2 Å². The molecule has 0 radical (unpaired) electrons. The Morgan fingerprint density at radius 1 is 1.00 bits per heavy atom. The van der Waals surface area contributed by atoms with Gasteiger partial charge in [0, 0.05) is 26.7 Å². The van der Waals surface area contributed by atoms with Gasteiger partial charge in [-0.15, -0.1) is 0 Å². The Morgan fingerprint density at radius 3 is 2.21 bits per heavy atom. The van der Waals surface area contributed by atoms with Crippen molar-refractivity contribution in [2.75, 3.05) is 26.4 Å². The van der Waals surface area contributed by atoms with Crippen LogP contribution in [-0.2, 0) is 28.5 Å². The number of amides is 1. The predicted octanol–water partition coefficient (Wildman–Crippen LogP) is 3.56. The number of carbonyl (C=O) groups is 1. The fourth-order valence-electron chi connectivity index (χ4n) is 3.20. The van der Waals surface area contributed by atoms with E-state index < -0.39 is 24.5 Å². The highest BCUT2D eigenvalue weighted by Gasteiger charge is 2.48. The molecule has 0 aliphatic carbocycles. The molecule has 0 saturated carbocycles. The van der Waals surface area contributed by atoms with Gasteiger partial charge in [-0.3, -0.25) is 4.79 Å². The molecule has 0 aromatic carbocycles. The molecule has 1 aliphatic heterocycles. The van der Waals surface area contributed by atoms with Gasteiger partial charge in [0.1, 0.15) is 18.2 Å². The molecule has 1 amide bonds. The molecule has 1 rings (SSSR count). The molecule has 7 nitrogen and oxygen atoms in total. The molecule has 170 valence electrons. The summed E-state index contributed by atoms with van der Waals surface area (Å²) in [6, 6.07) is -0.499. The van der Waals surface area contributed by atoms with Crippen molar-refractivity contribution >= 4 is 5.91 Å². The van der Waals surface area contributed by atoms with E-state index in [1.54, 1.807) is 0 Å². The van der Waals surface area contributed by atoms with Gasteiger partial charge in [0.25, 0.3) is 0 Å². The van der Waals surface area contributed by atoms with E-state index in [4.69, 9.17) is 23.7 Å². The van der Waals surface area contributed by atoms with Crippen molar-refractivity contribution in [2.45, 2.75) is 96.9 Å². The van der Waals surface area contributed by atoms with Crippen LogP contribution >= 0.6 is 0 Å². The van der Waals surface area contributed by atoms with Crippen LogP contribution in [0.5, 0.6) is 0 Å². The Balaban J connectivity index is 3.01. The van der Waals surface area contributed by atoms with Gasteiger partial charge in [-0.2, -0.15) is 0 Å². The summed E-state index contributed by atoms with van der Waals surface area (Å²) >= 11 is 0. The number of nitrogens with one attached hydrogen (secondary N) is 1. The van der Waals surface area contributed by atoms with E-state index in [1.807, 2.05) is 0 Å². The number of unbranched alkanes of at least 4 members (excludes halogenated alkanes) is 3. The van der Waals surface area contributed by atoms with Gasteiger partial charge in [-0.05, 0) is 19.3 Å². The van der Waals surface area contributed by atoms with Crippen molar-refractivity contribution in [1.82, 2.24) is 5.32 Å². The van der Waals surface area contributed by atoms with Crippen molar-refractivity contribution in [2.24, 2.45) is 0 Å². The van der Waals surface area contributed by atoms with Crippen molar-refractivity contribution in [1.29, 1.82) is 0 Å². The lowest BCUT2D eigenvalue weighted by molar-refractivity contribution is -0.281. The fourth-order valence-corrected chi connectivity index (χ4v) is 3.20. The summed E-state index contributed by atoms with van der Waals surface area (Å²) in [5, 5.41) is 2.93. The van der Waals surface area contributed by atoms with Crippen LogP contribution in [0.2, 0.25) is 0 Å². The number of rotatable bonds is 16. The van der Waals surface area contributed by atoms with Crippen LogP contribution < -0.4 is 5.32 Å². The first kappa shape index (κ1) is 25.9. The fraction of sp³-hybridized carbons (Fsp3) is 0.864. The summed E-state index contributed by atoms with van der Waals surface area (Å²) in [6.45, 7) is 13.7. The van der Waals surface area contributed by atoms with Crippen LogP contribution in [0.15, 0.2) is 12.8 Å². The monoisotopic (exact) mass is 415 g/mol. The molecule has 1 saturated heterocycles. The minimum Gasteiger partial charge on any atom is -0.493 e. The second-order valence-corrected chi connectivity index (χ2v) is 7.38. The number of carbonyl (C=O) groups excluding carboxylic acids is 1. The van der Waals surface area contributed by atoms with Crippen LogP contribution in [0, 0.1) is 0 Å². The summed E-state index contributed by atoms with van der Waals surface area (Å²) in [5.41, 5.74) is 0. The maximum atomic E-state index is 11.9. The molecule has 29 heavy (non-hydrogen) atoms. The molecule has 0 spiro atoms. The smallest absolute Gasteiger partial charge is 0.217 e. The molecule has 1 fully saturated rings. The standard InChI is InChI=1S/C22H41NO6/c1-6-10-13-25-16-18-20(27-14-11-7-2)21(26-9-4)19(23-17(5)24)22(29-18)28-15-12-8-3/h9,18-22H,4,6-8,10-16H2,1-3,5H3,(H,23,24)/t18?,19?,20-,21-,22+/m1/s1. The van der Waals surface area contributed by atoms with Crippen molar-refractivity contribution < 1.29 is 28.5 Å². The summed E-state index contributed by atoms with van der Waals surface area (Å²) in [4.78, 5) is 11.9. The van der Waals surface area contributed by atoms with Crippen LogP contribution in [0.4, 0.5) is 0 Å². The maximum absolute atomic E-state index is 11.9. The van der Waals surface area contributed by atoms with Gasteiger partial charge < -0.3 is 29.0 Å². The molecule has 5 atom stereocenters. The highest BCUT2D eigenvalue weighted by atomic mass is 16.7. The minimum atomic E-state index is -0.638.